The number of likely N-dealkylation sites (tertiary alicyclic amines) is 1. The highest BCUT2D eigenvalue weighted by molar-refractivity contribution is 5.98. The predicted octanol–water partition coefficient (Wildman–Crippen LogP) is 2.72. The maximum Gasteiger partial charge on any atom is 0.256 e. The van der Waals surface area contributed by atoms with E-state index in [1.54, 1.807) is 4.90 Å². The van der Waals surface area contributed by atoms with Crippen molar-refractivity contribution < 1.29 is 27.9 Å². The van der Waals surface area contributed by atoms with Crippen molar-refractivity contribution in [2.75, 3.05) is 19.7 Å². The van der Waals surface area contributed by atoms with Gasteiger partial charge in [-0.1, -0.05) is 0 Å². The number of nitrogens with one attached hydrogen (secondary N) is 1. The Morgan fingerprint density at radius 2 is 1.38 bits per heavy atom. The highest BCUT2D eigenvalue weighted by Gasteiger charge is 2.54. The average Bonchev–Trinajstić information content (AvgIpc) is 3.59. The third-order valence-electron chi connectivity index (χ3n) is 6.72. The van der Waals surface area contributed by atoms with Crippen molar-refractivity contribution in [2.45, 2.75) is 43.5 Å². The van der Waals surface area contributed by atoms with Crippen LogP contribution in [0.3, 0.4) is 0 Å². The molecule has 34 heavy (non-hydrogen) atoms. The molecule has 1 unspecified atom stereocenters. The van der Waals surface area contributed by atoms with E-state index >= 15 is 0 Å². The van der Waals surface area contributed by atoms with Crippen molar-refractivity contribution in [1.82, 2.24) is 15.1 Å². The lowest BCUT2D eigenvalue weighted by molar-refractivity contribution is -0.128. The molecule has 2 aliphatic heterocycles. The van der Waals surface area contributed by atoms with E-state index in [9.17, 15) is 23.2 Å². The van der Waals surface area contributed by atoms with Crippen LogP contribution < -0.4 is 5.32 Å². The van der Waals surface area contributed by atoms with Crippen LogP contribution in [-0.4, -0.2) is 65.0 Å². The van der Waals surface area contributed by atoms with E-state index in [0.29, 0.717) is 31.5 Å². The van der Waals surface area contributed by atoms with Gasteiger partial charge in [0.25, 0.3) is 11.8 Å². The minimum absolute atomic E-state index is 0.0530. The maximum absolute atomic E-state index is 13.5. The van der Waals surface area contributed by atoms with E-state index in [2.05, 4.69) is 5.32 Å². The van der Waals surface area contributed by atoms with Crippen LogP contribution in [0.15, 0.2) is 48.5 Å². The van der Waals surface area contributed by atoms with E-state index in [4.69, 9.17) is 4.74 Å². The van der Waals surface area contributed by atoms with Crippen molar-refractivity contribution in [3.05, 3.63) is 71.3 Å². The molecule has 0 bridgehead atoms. The Hall–Kier alpha value is -3.33. The highest BCUT2D eigenvalue weighted by Crippen LogP contribution is 2.39. The van der Waals surface area contributed by atoms with Crippen molar-refractivity contribution >= 4 is 17.7 Å². The Morgan fingerprint density at radius 3 is 1.91 bits per heavy atom. The van der Waals surface area contributed by atoms with Crippen LogP contribution >= 0.6 is 0 Å². The van der Waals surface area contributed by atoms with Gasteiger partial charge in [0.2, 0.25) is 5.91 Å². The number of nitrogens with zero attached hydrogens (tertiary/aromatic N) is 2. The summed E-state index contributed by atoms with van der Waals surface area (Å²) in [5.41, 5.74) is -0.401. The third-order valence-corrected chi connectivity index (χ3v) is 6.72. The highest BCUT2D eigenvalue weighted by atomic mass is 19.1. The molecule has 1 saturated carbocycles. The van der Waals surface area contributed by atoms with E-state index < -0.39 is 29.3 Å². The van der Waals surface area contributed by atoms with Crippen LogP contribution in [-0.2, 0) is 9.53 Å². The monoisotopic (exact) mass is 469 g/mol. The molecule has 1 spiro atoms. The second kappa shape index (κ2) is 8.79. The summed E-state index contributed by atoms with van der Waals surface area (Å²) in [7, 11) is 0. The van der Waals surface area contributed by atoms with Crippen LogP contribution in [0.5, 0.6) is 0 Å². The molecule has 5 rings (SSSR count). The maximum atomic E-state index is 13.5. The standard InChI is InChI=1S/C25H25F2N3O4/c26-18-5-1-16(2-6-18)23(32)29-13-11-25(12-14-29)30(24(33)17-3-7-19(27)8-4-17)21(15-34-25)22(31)28-20-9-10-20/h1-8,20-21H,9-15H2,(H,28,31). The fourth-order valence-corrected chi connectivity index (χ4v) is 4.66. The minimum atomic E-state index is -1.05. The summed E-state index contributed by atoms with van der Waals surface area (Å²) in [6, 6.07) is 9.89. The number of piperidine rings is 1. The summed E-state index contributed by atoms with van der Waals surface area (Å²) >= 11 is 0. The molecule has 7 nitrogen and oxygen atoms in total. The van der Waals surface area contributed by atoms with Crippen LogP contribution in [0.4, 0.5) is 8.78 Å². The fourth-order valence-electron chi connectivity index (χ4n) is 4.66. The first-order valence-electron chi connectivity index (χ1n) is 11.4. The number of amides is 3. The molecule has 3 fully saturated rings. The number of carbonyl (C=O) groups is 3. The number of rotatable bonds is 4. The Bertz CT molecular complexity index is 1090. The SMILES string of the molecule is O=C(NC1CC1)C1COC2(CCN(C(=O)c3ccc(F)cc3)CC2)N1C(=O)c1ccc(F)cc1. The molecule has 2 aromatic rings. The quantitative estimate of drug-likeness (QED) is 0.747. The Kier molecular flexibility index (Phi) is 5.81. The van der Waals surface area contributed by atoms with Gasteiger partial charge < -0.3 is 15.0 Å². The molecular weight excluding hydrogens is 444 g/mol. The molecular formula is C25H25F2N3O4. The number of hydrogen-bond acceptors (Lipinski definition) is 4. The molecule has 1 N–H and O–H groups in total. The first-order valence-corrected chi connectivity index (χ1v) is 11.4. The van der Waals surface area contributed by atoms with Crippen molar-refractivity contribution in [1.29, 1.82) is 0 Å². The zero-order chi connectivity index (χ0) is 23.9. The lowest BCUT2D eigenvalue weighted by Gasteiger charge is -2.44. The smallest absolute Gasteiger partial charge is 0.256 e. The molecule has 0 radical (unpaired) electrons. The molecule has 178 valence electrons. The normalized spacial score (nSPS) is 21.5. The number of halogens is 2. The second-order valence-electron chi connectivity index (χ2n) is 9.04. The van der Waals surface area contributed by atoms with Crippen LogP contribution in [0, 0.1) is 11.6 Å². The van der Waals surface area contributed by atoms with Crippen LogP contribution in [0.25, 0.3) is 0 Å². The fraction of sp³-hybridized carbons (Fsp3) is 0.400. The van der Waals surface area contributed by atoms with E-state index in [0.717, 1.165) is 12.8 Å². The predicted molar refractivity (Wildman–Crippen MR) is 118 cm³/mol. The van der Waals surface area contributed by atoms with Crippen LogP contribution in [0.1, 0.15) is 46.4 Å². The second-order valence-corrected chi connectivity index (χ2v) is 9.04. The summed E-state index contributed by atoms with van der Waals surface area (Å²) in [5, 5.41) is 2.95. The molecule has 1 atom stereocenters. The van der Waals surface area contributed by atoms with Gasteiger partial charge in [-0.15, -0.1) is 0 Å². The summed E-state index contributed by atoms with van der Waals surface area (Å²) in [5.74, 6) is -1.78. The zero-order valence-electron chi connectivity index (χ0n) is 18.5. The molecule has 2 saturated heterocycles. The molecule has 0 aromatic heterocycles. The van der Waals surface area contributed by atoms with Crippen LogP contribution in [0.2, 0.25) is 0 Å². The lowest BCUT2D eigenvalue weighted by Crippen LogP contribution is -2.60. The number of carbonyl (C=O) groups excluding carboxylic acids is 3. The summed E-state index contributed by atoms with van der Waals surface area (Å²) in [4.78, 5) is 42.5. The Morgan fingerprint density at radius 1 is 0.853 bits per heavy atom. The molecule has 2 aromatic carbocycles. The summed E-state index contributed by atoms with van der Waals surface area (Å²) < 4.78 is 32.8. The largest absolute Gasteiger partial charge is 0.353 e. The lowest BCUT2D eigenvalue weighted by atomic mass is 9.96. The molecule has 9 heteroatoms. The van der Waals surface area contributed by atoms with E-state index in [-0.39, 0.29) is 30.0 Å². The van der Waals surface area contributed by atoms with Gasteiger partial charge in [-0.25, -0.2) is 8.78 Å². The van der Waals surface area contributed by atoms with Gasteiger partial charge in [0.05, 0.1) is 6.61 Å². The summed E-state index contributed by atoms with van der Waals surface area (Å²) in [6.07, 6.45) is 2.47. The van der Waals surface area contributed by atoms with Gasteiger partial charge in [-0.2, -0.15) is 0 Å². The zero-order valence-corrected chi connectivity index (χ0v) is 18.5. The first-order chi connectivity index (χ1) is 16.4. The third kappa shape index (κ3) is 4.27. The Labute approximate surface area is 195 Å². The van der Waals surface area contributed by atoms with Gasteiger partial charge >= 0.3 is 0 Å². The Balaban J connectivity index is 1.37. The van der Waals surface area contributed by atoms with Gasteiger partial charge in [0.1, 0.15) is 23.4 Å². The molecule has 3 aliphatic rings. The van der Waals surface area contributed by atoms with Gasteiger partial charge in [-0.3, -0.25) is 19.3 Å². The first kappa shape index (κ1) is 22.5. The number of benzene rings is 2. The van der Waals surface area contributed by atoms with Gasteiger partial charge in [0, 0.05) is 43.1 Å². The van der Waals surface area contributed by atoms with Gasteiger partial charge in [-0.05, 0) is 61.4 Å². The molecule has 1 aliphatic carbocycles. The minimum Gasteiger partial charge on any atom is -0.353 e. The number of ether oxygens (including phenoxy) is 1. The van der Waals surface area contributed by atoms with Crippen molar-refractivity contribution in [3.8, 4) is 0 Å². The van der Waals surface area contributed by atoms with Gasteiger partial charge in [0.15, 0.2) is 0 Å². The van der Waals surface area contributed by atoms with Crippen molar-refractivity contribution in [3.63, 3.8) is 0 Å². The number of hydrogen-bond donors (Lipinski definition) is 1. The van der Waals surface area contributed by atoms with Crippen molar-refractivity contribution in [2.24, 2.45) is 0 Å². The van der Waals surface area contributed by atoms with E-state index in [1.165, 1.54) is 53.4 Å². The summed E-state index contributed by atoms with van der Waals surface area (Å²) in [6.45, 7) is 0.665. The average molecular weight is 469 g/mol. The molecule has 2 heterocycles. The molecule has 3 amide bonds. The van der Waals surface area contributed by atoms with E-state index in [1.807, 2.05) is 0 Å². The topological polar surface area (TPSA) is 79.0 Å².